The van der Waals surface area contributed by atoms with E-state index in [2.05, 4.69) is 4.98 Å². The third-order valence-electron chi connectivity index (χ3n) is 3.43. The van der Waals surface area contributed by atoms with Gasteiger partial charge in [-0.15, -0.1) is 11.3 Å². The van der Waals surface area contributed by atoms with E-state index < -0.39 is 0 Å². The second-order valence-corrected chi connectivity index (χ2v) is 6.54. The molecule has 0 spiro atoms. The number of hydrogen-bond donors (Lipinski definition) is 0. The van der Waals surface area contributed by atoms with Gasteiger partial charge in [0.2, 0.25) is 0 Å². The Hall–Kier alpha value is -1.68. The van der Waals surface area contributed by atoms with Crippen molar-refractivity contribution in [3.63, 3.8) is 0 Å². The Morgan fingerprint density at radius 3 is 2.67 bits per heavy atom. The van der Waals surface area contributed by atoms with E-state index in [0.29, 0.717) is 25.6 Å². The van der Waals surface area contributed by atoms with Crippen LogP contribution in [0.15, 0.2) is 47.3 Å². The van der Waals surface area contributed by atoms with E-state index in [1.54, 1.807) is 18.2 Å². The fraction of sp³-hybridized carbons (Fsp3) is 0. The van der Waals surface area contributed by atoms with Crippen molar-refractivity contribution in [3.05, 3.63) is 62.9 Å². The Balaban J connectivity index is 2.36. The van der Waals surface area contributed by atoms with Crippen molar-refractivity contribution in [3.8, 4) is 0 Å². The van der Waals surface area contributed by atoms with Crippen molar-refractivity contribution in [2.75, 3.05) is 0 Å². The molecule has 0 atom stereocenters. The molecule has 0 aliphatic carbocycles. The zero-order valence-electron chi connectivity index (χ0n) is 10.6. The zero-order chi connectivity index (χ0) is 14.6. The van der Waals surface area contributed by atoms with Gasteiger partial charge in [0.1, 0.15) is 5.15 Å². The summed E-state index contributed by atoms with van der Waals surface area (Å²) in [5, 5.41) is 3.07. The van der Waals surface area contributed by atoms with E-state index in [1.807, 2.05) is 24.3 Å². The Kier molecular flexibility index (Phi) is 2.89. The molecule has 0 bridgehead atoms. The molecule has 0 aliphatic heterocycles. The van der Waals surface area contributed by atoms with Crippen LogP contribution in [0.1, 0.15) is 0 Å². The van der Waals surface area contributed by atoms with E-state index in [0.717, 1.165) is 15.6 Å². The van der Waals surface area contributed by atoms with Gasteiger partial charge in [0.05, 0.1) is 15.6 Å². The van der Waals surface area contributed by atoms with Gasteiger partial charge in [-0.3, -0.25) is 4.79 Å². The summed E-state index contributed by atoms with van der Waals surface area (Å²) in [5.74, 6) is 0. The van der Waals surface area contributed by atoms with Crippen LogP contribution in [0.3, 0.4) is 0 Å². The van der Waals surface area contributed by atoms with E-state index in [9.17, 15) is 4.79 Å². The molecule has 2 nitrogen and oxygen atoms in total. The van der Waals surface area contributed by atoms with Crippen LogP contribution in [-0.4, -0.2) is 4.98 Å². The van der Waals surface area contributed by atoms with Gasteiger partial charge in [-0.2, -0.15) is 0 Å². The molecule has 2 aromatic heterocycles. The zero-order valence-corrected chi connectivity index (χ0v) is 12.9. The first kappa shape index (κ1) is 13.0. The van der Waals surface area contributed by atoms with Crippen molar-refractivity contribution in [2.45, 2.75) is 0 Å². The van der Waals surface area contributed by atoms with Crippen molar-refractivity contribution in [2.24, 2.45) is 0 Å². The maximum Gasteiger partial charge on any atom is 0.196 e. The molecule has 21 heavy (non-hydrogen) atoms. The molecule has 2 aromatic carbocycles. The van der Waals surface area contributed by atoms with Crippen LogP contribution in [0.4, 0.5) is 0 Å². The Labute approximate surface area is 133 Å². The summed E-state index contributed by atoms with van der Waals surface area (Å²) in [6.07, 6.45) is 0. The molecule has 4 aromatic rings. The third kappa shape index (κ3) is 1.93. The summed E-state index contributed by atoms with van der Waals surface area (Å²) in [5.41, 5.74) is 0.698. The monoisotopic (exact) mass is 331 g/mol. The molecule has 2 heterocycles. The molecular formula is C16H7Cl2NOS. The smallest absolute Gasteiger partial charge is 0.196 e. The van der Waals surface area contributed by atoms with Gasteiger partial charge >= 0.3 is 0 Å². The Morgan fingerprint density at radius 1 is 1.00 bits per heavy atom. The highest BCUT2D eigenvalue weighted by Gasteiger charge is 2.13. The SMILES string of the molecule is O=c1c2ccc(Cl)cc2sc2c(Cl)nc3ccccc3c12. The minimum atomic E-state index is -0.0316. The van der Waals surface area contributed by atoms with Crippen molar-refractivity contribution in [1.29, 1.82) is 0 Å². The number of hydrogen-bond acceptors (Lipinski definition) is 3. The number of fused-ring (bicyclic) bond motifs is 4. The molecule has 0 amide bonds. The molecule has 5 heteroatoms. The molecule has 4 rings (SSSR count). The van der Waals surface area contributed by atoms with Gasteiger partial charge in [0.15, 0.2) is 5.43 Å². The number of pyridine rings is 1. The summed E-state index contributed by atoms with van der Waals surface area (Å²) in [6, 6.07) is 12.8. The fourth-order valence-electron chi connectivity index (χ4n) is 2.50. The molecule has 0 N–H and O–H groups in total. The van der Waals surface area contributed by atoms with E-state index in [4.69, 9.17) is 23.2 Å². The molecular weight excluding hydrogens is 325 g/mol. The molecule has 0 saturated carbocycles. The first-order valence-corrected chi connectivity index (χ1v) is 7.83. The van der Waals surface area contributed by atoms with Crippen LogP contribution in [0.25, 0.3) is 31.1 Å². The van der Waals surface area contributed by atoms with E-state index >= 15 is 0 Å². The van der Waals surface area contributed by atoms with Gasteiger partial charge in [-0.1, -0.05) is 41.4 Å². The lowest BCUT2D eigenvalue weighted by atomic mass is 10.1. The summed E-state index contributed by atoms with van der Waals surface area (Å²) in [4.78, 5) is 17.2. The van der Waals surface area contributed by atoms with Gasteiger partial charge in [-0.25, -0.2) is 4.98 Å². The maximum absolute atomic E-state index is 12.8. The summed E-state index contributed by atoms with van der Waals surface area (Å²) in [6.45, 7) is 0. The highest BCUT2D eigenvalue weighted by molar-refractivity contribution is 7.25. The molecule has 102 valence electrons. The van der Waals surface area contributed by atoms with Crippen molar-refractivity contribution < 1.29 is 0 Å². The van der Waals surface area contributed by atoms with Gasteiger partial charge < -0.3 is 0 Å². The largest absolute Gasteiger partial charge is 0.288 e. The quantitative estimate of drug-likeness (QED) is 0.249. The molecule has 0 saturated heterocycles. The maximum atomic E-state index is 12.8. The average molecular weight is 332 g/mol. The lowest BCUT2D eigenvalue weighted by Gasteiger charge is -2.06. The lowest BCUT2D eigenvalue weighted by Crippen LogP contribution is -2.02. The topological polar surface area (TPSA) is 30.0 Å². The predicted octanol–water partition coefficient (Wildman–Crippen LogP) is 5.27. The number of rotatable bonds is 0. The number of para-hydroxylation sites is 1. The van der Waals surface area contributed by atoms with Crippen LogP contribution in [0, 0.1) is 0 Å². The van der Waals surface area contributed by atoms with E-state index in [1.165, 1.54) is 11.3 Å². The van der Waals surface area contributed by atoms with Crippen LogP contribution < -0.4 is 5.43 Å². The van der Waals surface area contributed by atoms with Gasteiger partial charge in [0.25, 0.3) is 0 Å². The van der Waals surface area contributed by atoms with Crippen LogP contribution in [0.2, 0.25) is 10.2 Å². The van der Waals surface area contributed by atoms with E-state index in [-0.39, 0.29) is 5.43 Å². The van der Waals surface area contributed by atoms with Gasteiger partial charge in [0, 0.05) is 20.5 Å². The summed E-state index contributed by atoms with van der Waals surface area (Å²) >= 11 is 13.7. The summed E-state index contributed by atoms with van der Waals surface area (Å²) < 4.78 is 1.52. The van der Waals surface area contributed by atoms with Gasteiger partial charge in [-0.05, 0) is 24.3 Å². The summed E-state index contributed by atoms with van der Waals surface area (Å²) in [7, 11) is 0. The van der Waals surface area contributed by atoms with Crippen LogP contribution in [0.5, 0.6) is 0 Å². The Bertz CT molecular complexity index is 1090. The number of benzene rings is 2. The highest BCUT2D eigenvalue weighted by Crippen LogP contribution is 2.34. The fourth-order valence-corrected chi connectivity index (χ4v) is 4.15. The lowest BCUT2D eigenvalue weighted by molar-refractivity contribution is 1.45. The number of aromatic nitrogens is 1. The third-order valence-corrected chi connectivity index (χ3v) is 5.21. The highest BCUT2D eigenvalue weighted by atomic mass is 35.5. The molecule has 0 fully saturated rings. The average Bonchev–Trinajstić information content (AvgIpc) is 2.47. The molecule has 0 unspecified atom stereocenters. The second kappa shape index (κ2) is 4.67. The predicted molar refractivity (Wildman–Crippen MR) is 90.9 cm³/mol. The standard InChI is InChI=1S/C16H7Cl2NOS/c17-8-5-6-10-12(7-8)21-15-13(14(10)20)9-3-1-2-4-11(9)19-16(15)18/h1-7H. The minimum absolute atomic E-state index is 0.0316. The number of nitrogens with zero attached hydrogens (tertiary/aromatic N) is 1. The second-order valence-electron chi connectivity index (χ2n) is 4.70. The Morgan fingerprint density at radius 2 is 1.81 bits per heavy atom. The first-order valence-electron chi connectivity index (χ1n) is 6.25. The van der Waals surface area contributed by atoms with Crippen LogP contribution >= 0.6 is 34.5 Å². The van der Waals surface area contributed by atoms with Crippen molar-refractivity contribution >= 4 is 65.6 Å². The first-order chi connectivity index (χ1) is 10.1. The van der Waals surface area contributed by atoms with Crippen molar-refractivity contribution in [1.82, 2.24) is 4.98 Å². The minimum Gasteiger partial charge on any atom is -0.288 e. The molecule has 0 radical (unpaired) electrons. The van der Waals surface area contributed by atoms with Crippen LogP contribution in [-0.2, 0) is 0 Å². The molecule has 0 aliphatic rings. The number of halogens is 2. The normalized spacial score (nSPS) is 11.5.